The van der Waals surface area contributed by atoms with Gasteiger partial charge in [-0.05, 0) is 54.8 Å². The van der Waals surface area contributed by atoms with E-state index < -0.39 is 0 Å². The minimum atomic E-state index is -0.308. The van der Waals surface area contributed by atoms with Crippen LogP contribution in [0.5, 0.6) is 0 Å². The van der Waals surface area contributed by atoms with E-state index in [1.807, 2.05) is 0 Å². The van der Waals surface area contributed by atoms with E-state index in [4.69, 9.17) is 9.47 Å². The molecule has 1 saturated heterocycles. The summed E-state index contributed by atoms with van der Waals surface area (Å²) in [7, 11) is 0. The van der Waals surface area contributed by atoms with E-state index in [-0.39, 0.29) is 39.7 Å². The van der Waals surface area contributed by atoms with Crippen molar-refractivity contribution in [1.82, 2.24) is 0 Å². The fraction of sp³-hybridized carbons (Fsp3) is 0.905. The maximum atomic E-state index is 13.1. The van der Waals surface area contributed by atoms with Crippen LogP contribution in [0.1, 0.15) is 73.1 Å². The molecule has 4 fully saturated rings. The molecule has 0 aromatic heterocycles. The Bertz CT molecular complexity index is 616. The first-order chi connectivity index (χ1) is 11.5. The summed E-state index contributed by atoms with van der Waals surface area (Å²) in [6.07, 6.45) is 5.42. The maximum absolute atomic E-state index is 13.1. The number of cyclic esters (lactones) is 1. The SMILES string of the molecule is CC(C)(C)CC1(C(=O)OC2CC3CC2CC32COC(=O)C2)CC1(C)C. The minimum absolute atomic E-state index is 0.0257. The summed E-state index contributed by atoms with van der Waals surface area (Å²) in [5.74, 6) is 0.868. The molecule has 1 spiro atoms. The third kappa shape index (κ3) is 2.62. The van der Waals surface area contributed by atoms with Gasteiger partial charge in [0.05, 0.1) is 18.4 Å². The van der Waals surface area contributed by atoms with Crippen molar-refractivity contribution in [2.75, 3.05) is 6.61 Å². The number of rotatable bonds is 3. The van der Waals surface area contributed by atoms with E-state index in [2.05, 4.69) is 34.6 Å². The number of hydrogen-bond acceptors (Lipinski definition) is 4. The topological polar surface area (TPSA) is 52.6 Å². The second-order valence-corrected chi connectivity index (χ2v) is 11.2. The number of hydrogen-bond donors (Lipinski definition) is 0. The summed E-state index contributed by atoms with van der Waals surface area (Å²) < 4.78 is 11.4. The van der Waals surface area contributed by atoms with Crippen molar-refractivity contribution in [2.45, 2.75) is 79.2 Å². The molecule has 4 rings (SSSR count). The van der Waals surface area contributed by atoms with Crippen molar-refractivity contribution in [3.63, 3.8) is 0 Å². The summed E-state index contributed by atoms with van der Waals surface area (Å²) in [5, 5.41) is 0. The van der Waals surface area contributed by atoms with Gasteiger partial charge in [-0.2, -0.15) is 0 Å². The Kier molecular flexibility index (Phi) is 3.48. The van der Waals surface area contributed by atoms with Crippen molar-refractivity contribution in [2.24, 2.45) is 33.5 Å². The third-order valence-corrected chi connectivity index (χ3v) is 7.58. The van der Waals surface area contributed by atoms with Gasteiger partial charge in [-0.1, -0.05) is 34.6 Å². The van der Waals surface area contributed by atoms with Crippen LogP contribution >= 0.6 is 0 Å². The first-order valence-corrected chi connectivity index (χ1v) is 9.83. The van der Waals surface area contributed by atoms with Gasteiger partial charge in [0.2, 0.25) is 0 Å². The summed E-state index contributed by atoms with van der Waals surface area (Å²) in [6.45, 7) is 11.6. The van der Waals surface area contributed by atoms with Gasteiger partial charge in [0, 0.05) is 5.41 Å². The molecular weight excluding hydrogens is 316 g/mol. The molecule has 140 valence electrons. The first-order valence-electron chi connectivity index (χ1n) is 9.83. The summed E-state index contributed by atoms with van der Waals surface area (Å²) in [5.41, 5.74) is -0.0984. The van der Waals surface area contributed by atoms with Crippen LogP contribution in [-0.2, 0) is 19.1 Å². The molecule has 3 aliphatic carbocycles. The van der Waals surface area contributed by atoms with Crippen LogP contribution in [-0.4, -0.2) is 24.6 Å². The van der Waals surface area contributed by atoms with E-state index in [0.29, 0.717) is 24.9 Å². The highest BCUT2D eigenvalue weighted by atomic mass is 16.5. The molecule has 0 aromatic carbocycles. The van der Waals surface area contributed by atoms with Gasteiger partial charge in [-0.3, -0.25) is 9.59 Å². The Labute approximate surface area is 151 Å². The molecule has 4 aliphatic rings. The normalized spacial score (nSPS) is 44.2. The average Bonchev–Trinajstić information content (AvgIpc) is 2.87. The van der Waals surface area contributed by atoms with Crippen molar-refractivity contribution < 1.29 is 19.1 Å². The molecule has 4 nitrogen and oxygen atoms in total. The molecule has 4 heteroatoms. The van der Waals surface area contributed by atoms with Crippen molar-refractivity contribution >= 4 is 11.9 Å². The highest BCUT2D eigenvalue weighted by molar-refractivity contribution is 5.82. The first kappa shape index (κ1) is 17.4. The second-order valence-electron chi connectivity index (χ2n) is 11.2. The molecule has 0 N–H and O–H groups in total. The van der Waals surface area contributed by atoms with E-state index in [0.717, 1.165) is 32.1 Å². The molecule has 0 radical (unpaired) electrons. The number of carbonyl (C=O) groups excluding carboxylic acids is 2. The third-order valence-electron chi connectivity index (χ3n) is 7.58. The average molecular weight is 348 g/mol. The van der Waals surface area contributed by atoms with E-state index in [9.17, 15) is 9.59 Å². The highest BCUT2D eigenvalue weighted by Gasteiger charge is 2.69. The van der Waals surface area contributed by atoms with Crippen LogP contribution in [0.2, 0.25) is 0 Å². The molecule has 25 heavy (non-hydrogen) atoms. The fourth-order valence-electron chi connectivity index (χ4n) is 6.23. The van der Waals surface area contributed by atoms with E-state index >= 15 is 0 Å². The Balaban J connectivity index is 1.43. The van der Waals surface area contributed by atoms with Gasteiger partial charge < -0.3 is 9.47 Å². The lowest BCUT2D eigenvalue weighted by Gasteiger charge is -2.35. The molecule has 0 amide bonds. The van der Waals surface area contributed by atoms with Gasteiger partial charge in [0.15, 0.2) is 0 Å². The lowest BCUT2D eigenvalue weighted by atomic mass is 9.72. The summed E-state index contributed by atoms with van der Waals surface area (Å²) in [4.78, 5) is 24.7. The molecule has 1 aliphatic heterocycles. The molecule has 5 atom stereocenters. The van der Waals surface area contributed by atoms with Crippen LogP contribution in [0.4, 0.5) is 0 Å². The van der Waals surface area contributed by atoms with Gasteiger partial charge in [-0.25, -0.2) is 0 Å². The van der Waals surface area contributed by atoms with Crippen LogP contribution in [0.3, 0.4) is 0 Å². The van der Waals surface area contributed by atoms with Gasteiger partial charge in [0.1, 0.15) is 6.10 Å². The quantitative estimate of drug-likeness (QED) is 0.720. The Hall–Kier alpha value is -1.06. The van der Waals surface area contributed by atoms with E-state index in [1.165, 1.54) is 0 Å². The molecule has 3 saturated carbocycles. The summed E-state index contributed by atoms with van der Waals surface area (Å²) >= 11 is 0. The smallest absolute Gasteiger partial charge is 0.312 e. The van der Waals surface area contributed by atoms with Crippen LogP contribution in [0.25, 0.3) is 0 Å². The zero-order valence-electron chi connectivity index (χ0n) is 16.3. The number of carbonyl (C=O) groups is 2. The molecule has 0 aromatic rings. The molecule has 2 bridgehead atoms. The Morgan fingerprint density at radius 3 is 2.40 bits per heavy atom. The monoisotopic (exact) mass is 348 g/mol. The van der Waals surface area contributed by atoms with Crippen LogP contribution in [0.15, 0.2) is 0 Å². The highest BCUT2D eigenvalue weighted by Crippen LogP contribution is 2.69. The Morgan fingerprint density at radius 1 is 1.28 bits per heavy atom. The predicted octanol–water partition coefficient (Wildman–Crippen LogP) is 4.11. The van der Waals surface area contributed by atoms with E-state index in [1.54, 1.807) is 0 Å². The fourth-order valence-corrected chi connectivity index (χ4v) is 6.23. The molecule has 5 unspecified atom stereocenters. The summed E-state index contributed by atoms with van der Waals surface area (Å²) in [6, 6.07) is 0. The molecule has 1 heterocycles. The molecular formula is C21H32O4. The lowest BCUT2D eigenvalue weighted by molar-refractivity contribution is -0.162. The second kappa shape index (κ2) is 5.01. The van der Waals surface area contributed by atoms with Gasteiger partial charge >= 0.3 is 11.9 Å². The van der Waals surface area contributed by atoms with Crippen LogP contribution in [0, 0.1) is 33.5 Å². The number of ether oxygens (including phenoxy) is 2. The van der Waals surface area contributed by atoms with Gasteiger partial charge in [-0.15, -0.1) is 0 Å². The Morgan fingerprint density at radius 2 is 1.96 bits per heavy atom. The largest absolute Gasteiger partial charge is 0.465 e. The van der Waals surface area contributed by atoms with Crippen LogP contribution < -0.4 is 0 Å². The zero-order valence-corrected chi connectivity index (χ0v) is 16.3. The van der Waals surface area contributed by atoms with Gasteiger partial charge in [0.25, 0.3) is 0 Å². The van der Waals surface area contributed by atoms with Crippen molar-refractivity contribution in [1.29, 1.82) is 0 Å². The zero-order chi connectivity index (χ0) is 18.3. The number of esters is 2. The predicted molar refractivity (Wildman–Crippen MR) is 93.6 cm³/mol. The van der Waals surface area contributed by atoms with Crippen molar-refractivity contribution in [3.8, 4) is 0 Å². The number of fused-ring (bicyclic) bond motifs is 3. The minimum Gasteiger partial charge on any atom is -0.465 e. The lowest BCUT2D eigenvalue weighted by Crippen LogP contribution is -2.38. The van der Waals surface area contributed by atoms with Crippen molar-refractivity contribution in [3.05, 3.63) is 0 Å². The standard InChI is InChI=1S/C21H32O4/c1-18(2,3)10-21(11-19(21,4)5)17(23)25-15-7-14-6-13(15)8-20(14)9-16(22)24-12-20/h13-15H,6-12H2,1-5H3. The maximum Gasteiger partial charge on any atom is 0.312 e.